The number of halogens is 2. The molecule has 0 aromatic heterocycles. The molecule has 106 valence electrons. The van der Waals surface area contributed by atoms with Crippen molar-refractivity contribution in [3.63, 3.8) is 0 Å². The Labute approximate surface area is 117 Å². The molecule has 1 nitrogen and oxygen atoms in total. The lowest BCUT2D eigenvalue weighted by Crippen LogP contribution is -2.11. The lowest BCUT2D eigenvalue weighted by molar-refractivity contribution is 0.207. The van der Waals surface area contributed by atoms with Gasteiger partial charge in [-0.25, -0.2) is 8.78 Å². The van der Waals surface area contributed by atoms with E-state index in [9.17, 15) is 13.9 Å². The molecule has 1 unspecified atom stereocenters. The summed E-state index contributed by atoms with van der Waals surface area (Å²) < 4.78 is 27.7. The lowest BCUT2D eigenvalue weighted by Gasteiger charge is -2.21. The van der Waals surface area contributed by atoms with Gasteiger partial charge in [0.15, 0.2) is 0 Å². The Kier molecular flexibility index (Phi) is 3.91. The van der Waals surface area contributed by atoms with Gasteiger partial charge in [0.1, 0.15) is 17.7 Å². The molecular weight excluding hydrogens is 258 g/mol. The second-order valence-electron chi connectivity index (χ2n) is 5.21. The maximum Gasteiger partial charge on any atom is 0.132 e. The van der Waals surface area contributed by atoms with Crippen LogP contribution in [-0.2, 0) is 0 Å². The summed E-state index contributed by atoms with van der Waals surface area (Å²) >= 11 is 0. The summed E-state index contributed by atoms with van der Waals surface area (Å²) in [6.07, 6.45) is -1.30. The second-order valence-corrected chi connectivity index (χ2v) is 5.21. The molecule has 1 N–H and O–H groups in total. The van der Waals surface area contributed by atoms with E-state index >= 15 is 0 Å². The first-order chi connectivity index (χ1) is 9.34. The molecule has 0 heterocycles. The predicted molar refractivity (Wildman–Crippen MR) is 75.8 cm³/mol. The third-order valence-electron chi connectivity index (χ3n) is 3.97. The van der Waals surface area contributed by atoms with E-state index in [1.54, 1.807) is 0 Å². The summed E-state index contributed by atoms with van der Waals surface area (Å²) in [7, 11) is 0. The molecular formula is C17H18F2O. The third-order valence-corrected chi connectivity index (χ3v) is 3.97. The van der Waals surface area contributed by atoms with E-state index in [-0.39, 0.29) is 5.56 Å². The average molecular weight is 276 g/mol. The average Bonchev–Trinajstić information content (AvgIpc) is 2.36. The van der Waals surface area contributed by atoms with Gasteiger partial charge in [0.2, 0.25) is 0 Å². The fourth-order valence-electron chi connectivity index (χ4n) is 2.57. The van der Waals surface area contributed by atoms with Crippen molar-refractivity contribution < 1.29 is 13.9 Å². The highest BCUT2D eigenvalue weighted by molar-refractivity contribution is 5.48. The molecule has 0 aliphatic carbocycles. The van der Waals surface area contributed by atoms with Gasteiger partial charge >= 0.3 is 0 Å². The molecule has 2 aromatic rings. The van der Waals surface area contributed by atoms with Crippen LogP contribution < -0.4 is 0 Å². The maximum atomic E-state index is 13.9. The summed E-state index contributed by atoms with van der Waals surface area (Å²) in [5.41, 5.74) is 4.03. The number of aryl methyl sites for hydroxylation is 2. The van der Waals surface area contributed by atoms with Crippen molar-refractivity contribution in [1.29, 1.82) is 0 Å². The van der Waals surface area contributed by atoms with Crippen LogP contribution in [0.25, 0.3) is 0 Å². The number of hydrogen-bond donors (Lipinski definition) is 1. The van der Waals surface area contributed by atoms with E-state index in [0.717, 1.165) is 34.4 Å². The van der Waals surface area contributed by atoms with Crippen LogP contribution in [0.1, 0.15) is 39.5 Å². The normalized spacial score (nSPS) is 12.6. The van der Waals surface area contributed by atoms with Crippen LogP contribution in [0, 0.1) is 39.3 Å². The molecule has 1 atom stereocenters. The van der Waals surface area contributed by atoms with E-state index in [1.807, 2.05) is 33.8 Å². The highest BCUT2D eigenvalue weighted by Crippen LogP contribution is 2.33. The van der Waals surface area contributed by atoms with E-state index in [2.05, 4.69) is 0 Å². The molecule has 0 radical (unpaired) electrons. The Morgan fingerprint density at radius 3 is 1.75 bits per heavy atom. The van der Waals surface area contributed by atoms with E-state index in [4.69, 9.17) is 0 Å². The summed E-state index contributed by atoms with van der Waals surface area (Å²) in [6, 6.07) is 5.63. The molecule has 2 aromatic carbocycles. The van der Waals surface area contributed by atoms with Crippen molar-refractivity contribution >= 4 is 0 Å². The molecule has 0 bridgehead atoms. The van der Waals surface area contributed by atoms with Gasteiger partial charge in [-0.3, -0.25) is 0 Å². The number of aliphatic hydroxyl groups is 1. The van der Waals surface area contributed by atoms with Crippen molar-refractivity contribution in [2.75, 3.05) is 0 Å². The van der Waals surface area contributed by atoms with Crippen molar-refractivity contribution in [2.24, 2.45) is 0 Å². The molecule has 0 spiro atoms. The van der Waals surface area contributed by atoms with Crippen LogP contribution in [-0.4, -0.2) is 5.11 Å². The number of aliphatic hydroxyl groups excluding tert-OH is 1. The van der Waals surface area contributed by atoms with Gasteiger partial charge in [-0.1, -0.05) is 12.1 Å². The fraction of sp³-hybridized carbons (Fsp3) is 0.294. The third kappa shape index (κ3) is 2.34. The van der Waals surface area contributed by atoms with Crippen LogP contribution in [0.2, 0.25) is 0 Å². The molecule has 3 heteroatoms. The zero-order valence-corrected chi connectivity index (χ0v) is 12.1. The molecule has 0 saturated carbocycles. The highest BCUT2D eigenvalue weighted by atomic mass is 19.1. The Morgan fingerprint density at radius 1 is 0.850 bits per heavy atom. The summed E-state index contributed by atoms with van der Waals surface area (Å²) in [6.45, 7) is 7.57. The maximum absolute atomic E-state index is 13.9. The van der Waals surface area contributed by atoms with Crippen molar-refractivity contribution in [2.45, 2.75) is 33.8 Å². The van der Waals surface area contributed by atoms with Gasteiger partial charge in [-0.2, -0.15) is 0 Å². The van der Waals surface area contributed by atoms with E-state index < -0.39 is 17.7 Å². The zero-order chi connectivity index (χ0) is 15.0. The number of hydrogen-bond acceptors (Lipinski definition) is 1. The van der Waals surface area contributed by atoms with Gasteiger partial charge in [-0.05, 0) is 67.6 Å². The van der Waals surface area contributed by atoms with Crippen molar-refractivity contribution in [1.82, 2.24) is 0 Å². The molecule has 0 saturated heterocycles. The molecule has 0 fully saturated rings. The smallest absolute Gasteiger partial charge is 0.132 e. The minimum atomic E-state index is -1.30. The van der Waals surface area contributed by atoms with Gasteiger partial charge < -0.3 is 5.11 Å². The topological polar surface area (TPSA) is 20.2 Å². The Bertz CT molecular complexity index is 616. The van der Waals surface area contributed by atoms with E-state index in [1.165, 1.54) is 6.07 Å². The monoisotopic (exact) mass is 276 g/mol. The van der Waals surface area contributed by atoms with Crippen LogP contribution in [0.15, 0.2) is 24.3 Å². The van der Waals surface area contributed by atoms with Crippen LogP contribution in [0.4, 0.5) is 8.78 Å². The molecule has 0 aliphatic rings. The lowest BCUT2D eigenvalue weighted by atomic mass is 9.88. The Balaban J connectivity index is 2.69. The van der Waals surface area contributed by atoms with Gasteiger partial charge in [0.05, 0.1) is 5.56 Å². The van der Waals surface area contributed by atoms with Crippen LogP contribution >= 0.6 is 0 Å². The fourth-order valence-corrected chi connectivity index (χ4v) is 2.57. The Morgan fingerprint density at radius 2 is 1.30 bits per heavy atom. The highest BCUT2D eigenvalue weighted by Gasteiger charge is 2.23. The van der Waals surface area contributed by atoms with E-state index in [0.29, 0.717) is 5.56 Å². The van der Waals surface area contributed by atoms with Crippen LogP contribution in [0.5, 0.6) is 0 Å². The summed E-state index contributed by atoms with van der Waals surface area (Å²) in [5.74, 6) is -1.45. The Hall–Kier alpha value is -1.74. The summed E-state index contributed by atoms with van der Waals surface area (Å²) in [4.78, 5) is 0. The first-order valence-corrected chi connectivity index (χ1v) is 6.53. The van der Waals surface area contributed by atoms with Gasteiger partial charge in [-0.15, -0.1) is 0 Å². The van der Waals surface area contributed by atoms with Crippen molar-refractivity contribution in [3.05, 3.63) is 69.3 Å². The number of benzene rings is 2. The molecule has 20 heavy (non-hydrogen) atoms. The standard InChI is InChI=1S/C17H18F2O/c1-9-8-10(2)12(4)15(11(9)3)17(20)16-13(18)6-5-7-14(16)19/h5-8,17,20H,1-4H3. The second kappa shape index (κ2) is 5.33. The van der Waals surface area contributed by atoms with Crippen LogP contribution in [0.3, 0.4) is 0 Å². The summed E-state index contributed by atoms with van der Waals surface area (Å²) in [5, 5.41) is 10.5. The molecule has 0 aliphatic heterocycles. The molecule has 2 rings (SSSR count). The minimum Gasteiger partial charge on any atom is -0.383 e. The number of rotatable bonds is 2. The molecule has 0 amide bonds. The first-order valence-electron chi connectivity index (χ1n) is 6.53. The predicted octanol–water partition coefficient (Wildman–Crippen LogP) is 4.28. The largest absolute Gasteiger partial charge is 0.383 e. The zero-order valence-electron chi connectivity index (χ0n) is 12.1. The SMILES string of the molecule is Cc1cc(C)c(C)c(C(O)c2c(F)cccc2F)c1C. The minimum absolute atomic E-state index is 0.288. The van der Waals surface area contributed by atoms with Gasteiger partial charge in [0.25, 0.3) is 0 Å². The van der Waals surface area contributed by atoms with Gasteiger partial charge in [0, 0.05) is 0 Å². The van der Waals surface area contributed by atoms with Crippen molar-refractivity contribution in [3.8, 4) is 0 Å². The first kappa shape index (κ1) is 14.7. The quantitative estimate of drug-likeness (QED) is 0.868.